The van der Waals surface area contributed by atoms with Gasteiger partial charge in [-0.1, -0.05) is 28.1 Å². The van der Waals surface area contributed by atoms with Gasteiger partial charge in [0, 0.05) is 17.6 Å². The van der Waals surface area contributed by atoms with Gasteiger partial charge in [0.15, 0.2) is 6.29 Å². The third-order valence-corrected chi connectivity index (χ3v) is 6.15. The van der Waals surface area contributed by atoms with Gasteiger partial charge in [0.05, 0.1) is 25.4 Å². The van der Waals surface area contributed by atoms with Crippen LogP contribution >= 0.6 is 15.9 Å². The molecule has 9 atom stereocenters. The second kappa shape index (κ2) is 10.3. The van der Waals surface area contributed by atoms with Crippen LogP contribution in [0, 0.1) is 0 Å². The highest BCUT2D eigenvalue weighted by Gasteiger charge is 2.49. The monoisotopic (exact) mass is 493 g/mol. The zero-order valence-corrected chi connectivity index (χ0v) is 17.7. The molecule has 2 saturated heterocycles. The highest BCUT2D eigenvalue weighted by Crippen LogP contribution is 2.29. The number of benzene rings is 1. The van der Waals surface area contributed by atoms with Crippen molar-refractivity contribution in [2.24, 2.45) is 0 Å². The molecule has 2 aliphatic rings. The first kappa shape index (κ1) is 24.0. The Kier molecular flexibility index (Phi) is 8.21. The molecule has 0 saturated carbocycles. The number of rotatable bonds is 6. The minimum atomic E-state index is -1.66. The van der Waals surface area contributed by atoms with E-state index in [1.807, 2.05) is 24.3 Å². The smallest absolute Gasteiger partial charge is 0.187 e. The van der Waals surface area contributed by atoms with Crippen molar-refractivity contribution < 1.29 is 45.2 Å². The van der Waals surface area contributed by atoms with E-state index in [2.05, 4.69) is 15.9 Å². The normalized spacial score (nSPS) is 40.5. The second-order valence-electron chi connectivity index (χ2n) is 7.66. The number of likely N-dealkylation sites (tertiary alicyclic amines) is 1. The Bertz CT molecular complexity index is 678. The maximum Gasteiger partial charge on any atom is 0.187 e. The summed E-state index contributed by atoms with van der Waals surface area (Å²) in [5.41, 5.74) is 0.909. The highest BCUT2D eigenvalue weighted by atomic mass is 79.9. The summed E-state index contributed by atoms with van der Waals surface area (Å²) in [6, 6.07) is 6.73. The molecule has 7 N–H and O–H groups in total. The quantitative estimate of drug-likeness (QED) is 0.226. The molecule has 0 unspecified atom stereocenters. The largest absolute Gasteiger partial charge is 0.395 e. The standard InChI is InChI=1S/C19H28BrNO9/c20-10-3-1-9(2-4-10)5-21-6-12(24)14(25)18(11(21)7-22)30-19-17(28)16(27)15(26)13(8-23)29-19/h1-4,11-19,22-28H,5-8H2/t11-,12+,13-,14-,15-,16+,17-,18-,19-/m1/s1. The molecule has 2 heterocycles. The fraction of sp³-hybridized carbons (Fsp3) is 0.684. The number of β-amino-alcohol motifs (C(OH)–C–C–N with tert-alkyl or cyclic N) is 1. The Morgan fingerprint density at radius 3 is 2.20 bits per heavy atom. The van der Waals surface area contributed by atoms with Crippen LogP contribution in [-0.4, -0.2) is 115 Å². The molecule has 1 aromatic rings. The van der Waals surface area contributed by atoms with Gasteiger partial charge in [0.2, 0.25) is 0 Å². The number of hydrogen-bond acceptors (Lipinski definition) is 10. The zero-order chi connectivity index (χ0) is 22.0. The average Bonchev–Trinajstić information content (AvgIpc) is 2.73. The molecule has 30 heavy (non-hydrogen) atoms. The minimum absolute atomic E-state index is 0.0804. The van der Waals surface area contributed by atoms with E-state index in [-0.39, 0.29) is 6.54 Å². The van der Waals surface area contributed by atoms with Crippen molar-refractivity contribution >= 4 is 15.9 Å². The topological polar surface area (TPSA) is 163 Å². The first-order valence-corrected chi connectivity index (χ1v) is 10.5. The van der Waals surface area contributed by atoms with Crippen molar-refractivity contribution in [2.75, 3.05) is 19.8 Å². The van der Waals surface area contributed by atoms with Gasteiger partial charge in [-0.15, -0.1) is 0 Å². The summed E-state index contributed by atoms with van der Waals surface area (Å²) in [6.45, 7) is -0.601. The number of ether oxygens (including phenoxy) is 2. The molecule has 0 aliphatic carbocycles. The van der Waals surface area contributed by atoms with Gasteiger partial charge >= 0.3 is 0 Å². The van der Waals surface area contributed by atoms with Crippen LogP contribution in [0.1, 0.15) is 5.56 Å². The molecule has 2 aliphatic heterocycles. The molecular formula is C19H28BrNO9. The van der Waals surface area contributed by atoms with Gasteiger partial charge in [-0.3, -0.25) is 4.90 Å². The van der Waals surface area contributed by atoms with Crippen LogP contribution < -0.4 is 0 Å². The fourth-order valence-corrected chi connectivity index (χ4v) is 4.13. The summed E-state index contributed by atoms with van der Waals surface area (Å²) >= 11 is 3.36. The maximum absolute atomic E-state index is 10.5. The van der Waals surface area contributed by atoms with Gasteiger partial charge in [-0.25, -0.2) is 0 Å². The Balaban J connectivity index is 1.78. The van der Waals surface area contributed by atoms with Gasteiger partial charge in [0.25, 0.3) is 0 Å². The molecular weight excluding hydrogens is 466 g/mol. The lowest BCUT2D eigenvalue weighted by molar-refractivity contribution is -0.329. The minimum Gasteiger partial charge on any atom is -0.395 e. The first-order chi connectivity index (χ1) is 14.3. The Morgan fingerprint density at radius 2 is 1.60 bits per heavy atom. The van der Waals surface area contributed by atoms with Crippen LogP contribution in [0.15, 0.2) is 28.7 Å². The predicted molar refractivity (Wildman–Crippen MR) is 106 cm³/mol. The van der Waals surface area contributed by atoms with E-state index in [4.69, 9.17) is 9.47 Å². The van der Waals surface area contributed by atoms with Gasteiger partial charge in [0.1, 0.15) is 36.6 Å². The Hall–Kier alpha value is -0.700. The van der Waals surface area contributed by atoms with E-state index >= 15 is 0 Å². The van der Waals surface area contributed by atoms with Crippen LogP contribution in [0.25, 0.3) is 0 Å². The number of hydrogen-bond donors (Lipinski definition) is 7. The van der Waals surface area contributed by atoms with E-state index in [1.165, 1.54) is 0 Å². The van der Waals surface area contributed by atoms with E-state index in [9.17, 15) is 35.7 Å². The van der Waals surface area contributed by atoms with Crippen LogP contribution in [0.5, 0.6) is 0 Å². The third kappa shape index (κ3) is 5.03. The summed E-state index contributed by atoms with van der Waals surface area (Å²) in [5, 5.41) is 70.3. The molecule has 0 amide bonds. The highest BCUT2D eigenvalue weighted by molar-refractivity contribution is 9.10. The van der Waals surface area contributed by atoms with Crippen molar-refractivity contribution in [3.63, 3.8) is 0 Å². The molecule has 0 spiro atoms. The van der Waals surface area contributed by atoms with Crippen LogP contribution in [-0.2, 0) is 16.0 Å². The Morgan fingerprint density at radius 1 is 0.933 bits per heavy atom. The fourth-order valence-electron chi connectivity index (χ4n) is 3.87. The molecule has 10 nitrogen and oxygen atoms in total. The van der Waals surface area contributed by atoms with Crippen molar-refractivity contribution in [1.29, 1.82) is 0 Å². The molecule has 1 aromatic carbocycles. The van der Waals surface area contributed by atoms with E-state index in [0.717, 1.165) is 10.0 Å². The van der Waals surface area contributed by atoms with Crippen LogP contribution in [0.4, 0.5) is 0 Å². The lowest BCUT2D eigenvalue weighted by Crippen LogP contribution is -2.66. The number of piperidine rings is 1. The van der Waals surface area contributed by atoms with Gasteiger partial charge in [-0.2, -0.15) is 0 Å². The first-order valence-electron chi connectivity index (χ1n) is 9.68. The Labute approximate surface area is 182 Å². The molecule has 11 heteroatoms. The number of halogens is 1. The summed E-state index contributed by atoms with van der Waals surface area (Å²) in [5.74, 6) is 0. The molecule has 0 radical (unpaired) electrons. The van der Waals surface area contributed by atoms with E-state index < -0.39 is 68.3 Å². The lowest BCUT2D eigenvalue weighted by atomic mass is 9.92. The van der Waals surface area contributed by atoms with Crippen LogP contribution in [0.3, 0.4) is 0 Å². The molecule has 2 fully saturated rings. The predicted octanol–water partition coefficient (Wildman–Crippen LogP) is -2.47. The third-order valence-electron chi connectivity index (χ3n) is 5.63. The average molecular weight is 494 g/mol. The van der Waals surface area contributed by atoms with Crippen molar-refractivity contribution in [3.05, 3.63) is 34.3 Å². The summed E-state index contributed by atoms with van der Waals surface area (Å²) in [6.07, 6.45) is -11.3. The number of aliphatic hydroxyl groups excluding tert-OH is 7. The second-order valence-corrected chi connectivity index (χ2v) is 8.58. The van der Waals surface area contributed by atoms with Gasteiger partial charge < -0.3 is 45.2 Å². The van der Waals surface area contributed by atoms with Gasteiger partial charge in [-0.05, 0) is 17.7 Å². The van der Waals surface area contributed by atoms with Crippen molar-refractivity contribution in [1.82, 2.24) is 4.90 Å². The SMILES string of the molecule is OC[C@@H]1[C@@H](O[C@H]2O[C@H](CO)[C@@H](O)[C@H](O)[C@H]2O)[C@H](O)[C@@H](O)CN1Cc1ccc(Br)cc1. The zero-order valence-electron chi connectivity index (χ0n) is 16.1. The van der Waals surface area contributed by atoms with Crippen molar-refractivity contribution in [3.8, 4) is 0 Å². The van der Waals surface area contributed by atoms with Crippen LogP contribution in [0.2, 0.25) is 0 Å². The lowest BCUT2D eigenvalue weighted by Gasteiger charge is -2.48. The molecule has 0 aromatic heterocycles. The molecule has 0 bridgehead atoms. The number of aliphatic hydroxyl groups is 7. The molecule has 3 rings (SSSR count). The van der Waals surface area contributed by atoms with Crippen molar-refractivity contribution in [2.45, 2.75) is 61.6 Å². The number of nitrogens with zero attached hydrogens (tertiary/aromatic N) is 1. The molecule has 170 valence electrons. The van der Waals surface area contributed by atoms with E-state index in [0.29, 0.717) is 6.54 Å². The summed E-state index contributed by atoms with van der Waals surface area (Å²) < 4.78 is 11.9. The summed E-state index contributed by atoms with van der Waals surface area (Å²) in [7, 11) is 0. The van der Waals surface area contributed by atoms with E-state index in [1.54, 1.807) is 4.90 Å². The summed E-state index contributed by atoms with van der Waals surface area (Å²) in [4.78, 5) is 1.75. The maximum atomic E-state index is 10.5.